The van der Waals surface area contributed by atoms with Crippen LogP contribution in [0.15, 0.2) is 36.7 Å². The summed E-state index contributed by atoms with van der Waals surface area (Å²) in [6.45, 7) is 0. The molecule has 0 aliphatic carbocycles. The number of aromatic carboxylic acids is 1. The van der Waals surface area contributed by atoms with Crippen LogP contribution in [0.3, 0.4) is 0 Å². The van der Waals surface area contributed by atoms with E-state index in [2.05, 4.69) is 10.3 Å². The normalized spacial score (nSPS) is 10.1. The molecule has 0 radical (unpaired) electrons. The van der Waals surface area contributed by atoms with Gasteiger partial charge in [-0.15, -0.1) is 0 Å². The zero-order chi connectivity index (χ0) is 14.7. The van der Waals surface area contributed by atoms with Gasteiger partial charge in [0.15, 0.2) is 0 Å². The number of pyridine rings is 1. The van der Waals surface area contributed by atoms with Crippen molar-refractivity contribution in [3.63, 3.8) is 0 Å². The Balaban J connectivity index is 2.35. The fraction of sp³-hybridized carbons (Fsp3) is 0. The first-order chi connectivity index (χ1) is 9.49. The molecule has 2 aromatic rings. The summed E-state index contributed by atoms with van der Waals surface area (Å²) in [4.78, 5) is 26.7. The number of rotatable bonds is 3. The van der Waals surface area contributed by atoms with Gasteiger partial charge in [0.1, 0.15) is 5.82 Å². The molecular weight excluding hydrogens is 287 g/mol. The van der Waals surface area contributed by atoms with E-state index in [1.165, 1.54) is 18.5 Å². The molecule has 102 valence electrons. The molecule has 0 unspecified atom stereocenters. The van der Waals surface area contributed by atoms with Gasteiger partial charge in [-0.25, -0.2) is 9.18 Å². The van der Waals surface area contributed by atoms with Gasteiger partial charge in [0.05, 0.1) is 21.8 Å². The molecule has 5 nitrogen and oxygen atoms in total. The maximum absolute atomic E-state index is 13.2. The number of nitrogens with one attached hydrogen (secondary N) is 1. The van der Waals surface area contributed by atoms with Crippen molar-refractivity contribution in [2.45, 2.75) is 0 Å². The van der Waals surface area contributed by atoms with Gasteiger partial charge in [0, 0.05) is 12.4 Å². The van der Waals surface area contributed by atoms with Gasteiger partial charge in [-0.3, -0.25) is 9.78 Å². The number of carbonyl (C=O) groups is 2. The van der Waals surface area contributed by atoms with Crippen LogP contribution < -0.4 is 5.32 Å². The Hall–Kier alpha value is -2.47. The van der Waals surface area contributed by atoms with E-state index in [0.717, 1.165) is 18.2 Å². The van der Waals surface area contributed by atoms with E-state index in [-0.39, 0.29) is 21.8 Å². The highest BCUT2D eigenvalue weighted by molar-refractivity contribution is 6.34. The third-order valence-electron chi connectivity index (χ3n) is 2.48. The Labute approximate surface area is 118 Å². The van der Waals surface area contributed by atoms with E-state index in [9.17, 15) is 14.0 Å². The van der Waals surface area contributed by atoms with Crippen molar-refractivity contribution in [2.24, 2.45) is 0 Å². The van der Waals surface area contributed by atoms with E-state index in [1.54, 1.807) is 0 Å². The van der Waals surface area contributed by atoms with Crippen LogP contribution in [0.4, 0.5) is 10.1 Å². The number of carboxylic acid groups (broad SMARTS) is 1. The largest absolute Gasteiger partial charge is 0.478 e. The first kappa shape index (κ1) is 14.0. The lowest BCUT2D eigenvalue weighted by atomic mass is 10.1. The molecule has 1 heterocycles. The van der Waals surface area contributed by atoms with Crippen LogP contribution in [-0.4, -0.2) is 22.0 Å². The summed E-state index contributed by atoms with van der Waals surface area (Å²) < 4.78 is 13.2. The third-order valence-corrected chi connectivity index (χ3v) is 2.78. The van der Waals surface area contributed by atoms with Crippen LogP contribution in [0.2, 0.25) is 5.02 Å². The summed E-state index contributed by atoms with van der Waals surface area (Å²) in [6, 6.07) is 4.37. The molecule has 0 fully saturated rings. The van der Waals surface area contributed by atoms with Gasteiger partial charge in [-0.05, 0) is 24.3 Å². The van der Waals surface area contributed by atoms with E-state index in [4.69, 9.17) is 16.7 Å². The predicted molar refractivity (Wildman–Crippen MR) is 70.6 cm³/mol. The molecule has 0 aliphatic heterocycles. The molecule has 1 amide bonds. The zero-order valence-corrected chi connectivity index (χ0v) is 10.7. The maximum atomic E-state index is 13.2. The molecule has 0 saturated heterocycles. The zero-order valence-electron chi connectivity index (χ0n) is 9.93. The summed E-state index contributed by atoms with van der Waals surface area (Å²) in [5, 5.41) is 11.4. The molecule has 0 spiro atoms. The number of nitrogens with zero attached hydrogens (tertiary/aromatic N) is 1. The van der Waals surface area contributed by atoms with Crippen LogP contribution in [0.1, 0.15) is 20.7 Å². The molecule has 0 bridgehead atoms. The lowest BCUT2D eigenvalue weighted by molar-refractivity contribution is 0.0698. The van der Waals surface area contributed by atoms with Crippen LogP contribution in [0, 0.1) is 5.82 Å². The number of halogens is 2. The van der Waals surface area contributed by atoms with Gasteiger partial charge in [0.2, 0.25) is 0 Å². The highest BCUT2D eigenvalue weighted by Crippen LogP contribution is 2.20. The van der Waals surface area contributed by atoms with Gasteiger partial charge < -0.3 is 10.4 Å². The van der Waals surface area contributed by atoms with Crippen molar-refractivity contribution in [3.8, 4) is 0 Å². The number of carbonyl (C=O) groups excluding carboxylic acids is 1. The highest BCUT2D eigenvalue weighted by Gasteiger charge is 2.16. The molecular formula is C13H8ClFN2O3. The maximum Gasteiger partial charge on any atom is 0.337 e. The number of amides is 1. The van der Waals surface area contributed by atoms with Crippen LogP contribution in [0.5, 0.6) is 0 Å². The molecule has 1 aromatic heterocycles. The van der Waals surface area contributed by atoms with Crippen LogP contribution in [-0.2, 0) is 0 Å². The summed E-state index contributed by atoms with van der Waals surface area (Å²) in [6.07, 6.45) is 2.64. The number of hydrogen-bond acceptors (Lipinski definition) is 3. The van der Waals surface area contributed by atoms with Gasteiger partial charge in [0.25, 0.3) is 5.91 Å². The molecule has 20 heavy (non-hydrogen) atoms. The van der Waals surface area contributed by atoms with E-state index in [1.807, 2.05) is 0 Å². The minimum Gasteiger partial charge on any atom is -0.478 e. The number of carboxylic acids is 1. The smallest absolute Gasteiger partial charge is 0.337 e. The average Bonchev–Trinajstić information content (AvgIpc) is 2.38. The van der Waals surface area contributed by atoms with Crippen molar-refractivity contribution in [1.82, 2.24) is 4.98 Å². The molecule has 2 rings (SSSR count). The SMILES string of the molecule is O=C(Nc1cc(F)ccc1C(=O)O)c1ccncc1Cl. The second-order valence-electron chi connectivity index (χ2n) is 3.80. The van der Waals surface area contributed by atoms with Gasteiger partial charge in [-0.2, -0.15) is 0 Å². The van der Waals surface area contributed by atoms with Crippen molar-refractivity contribution in [1.29, 1.82) is 0 Å². The van der Waals surface area contributed by atoms with E-state index >= 15 is 0 Å². The van der Waals surface area contributed by atoms with E-state index in [0.29, 0.717) is 0 Å². The Morgan fingerprint density at radius 2 is 2.00 bits per heavy atom. The fourth-order valence-electron chi connectivity index (χ4n) is 1.56. The number of anilines is 1. The Kier molecular flexibility index (Phi) is 3.95. The first-order valence-corrected chi connectivity index (χ1v) is 5.80. The summed E-state index contributed by atoms with van der Waals surface area (Å²) >= 11 is 5.81. The predicted octanol–water partition coefficient (Wildman–Crippen LogP) is 2.82. The molecule has 0 aliphatic rings. The fourth-order valence-corrected chi connectivity index (χ4v) is 1.76. The standard InChI is InChI=1S/C13H8ClFN2O3/c14-10-6-16-4-3-8(10)12(18)17-11-5-7(15)1-2-9(11)13(19)20/h1-6H,(H,17,18)(H,19,20). The summed E-state index contributed by atoms with van der Waals surface area (Å²) in [5.41, 5.74) is -0.248. The van der Waals surface area contributed by atoms with Crippen molar-refractivity contribution in [2.75, 3.05) is 5.32 Å². The highest BCUT2D eigenvalue weighted by atomic mass is 35.5. The number of benzene rings is 1. The van der Waals surface area contributed by atoms with E-state index < -0.39 is 17.7 Å². The third kappa shape index (κ3) is 2.92. The summed E-state index contributed by atoms with van der Waals surface area (Å²) in [7, 11) is 0. The topological polar surface area (TPSA) is 79.3 Å². The number of aromatic nitrogens is 1. The van der Waals surface area contributed by atoms with Crippen molar-refractivity contribution in [3.05, 3.63) is 58.6 Å². The first-order valence-electron chi connectivity index (χ1n) is 5.42. The molecule has 7 heteroatoms. The van der Waals surface area contributed by atoms with Gasteiger partial charge in [-0.1, -0.05) is 11.6 Å². The monoisotopic (exact) mass is 294 g/mol. The number of hydrogen-bond donors (Lipinski definition) is 2. The average molecular weight is 295 g/mol. The quantitative estimate of drug-likeness (QED) is 0.912. The molecule has 0 atom stereocenters. The Morgan fingerprint density at radius 3 is 2.65 bits per heavy atom. The van der Waals surface area contributed by atoms with Crippen LogP contribution >= 0.6 is 11.6 Å². The molecule has 0 saturated carbocycles. The van der Waals surface area contributed by atoms with Crippen molar-refractivity contribution < 1.29 is 19.1 Å². The second kappa shape index (κ2) is 5.66. The van der Waals surface area contributed by atoms with Crippen molar-refractivity contribution >= 4 is 29.2 Å². The van der Waals surface area contributed by atoms with Gasteiger partial charge >= 0.3 is 5.97 Å². The molecule has 1 aromatic carbocycles. The minimum absolute atomic E-state index is 0.110. The molecule has 2 N–H and O–H groups in total. The lowest BCUT2D eigenvalue weighted by Crippen LogP contribution is -2.15. The van der Waals surface area contributed by atoms with Crippen LogP contribution in [0.25, 0.3) is 0 Å². The Morgan fingerprint density at radius 1 is 1.25 bits per heavy atom. The minimum atomic E-state index is -1.28. The Bertz CT molecular complexity index is 691. The summed E-state index contributed by atoms with van der Waals surface area (Å²) in [5.74, 6) is -2.59. The second-order valence-corrected chi connectivity index (χ2v) is 4.21. The lowest BCUT2D eigenvalue weighted by Gasteiger charge is -2.09.